The van der Waals surface area contributed by atoms with Gasteiger partial charge in [-0.05, 0) is 84.7 Å². The summed E-state index contributed by atoms with van der Waals surface area (Å²) in [6.07, 6.45) is 48.6. The molecule has 0 saturated heterocycles. The third-order valence-corrected chi connectivity index (χ3v) is 9.58. The molecule has 0 N–H and O–H groups in total. The highest BCUT2D eigenvalue weighted by Crippen LogP contribution is 2.15. The van der Waals surface area contributed by atoms with Crippen molar-refractivity contribution in [2.24, 2.45) is 0 Å². The van der Waals surface area contributed by atoms with Crippen molar-refractivity contribution in [1.82, 2.24) is 4.90 Å². The van der Waals surface area contributed by atoms with Crippen LogP contribution in [0.1, 0.15) is 207 Å². The number of ether oxygens (including phenoxy) is 2. The van der Waals surface area contributed by atoms with Crippen LogP contribution >= 0.6 is 0 Å². The van der Waals surface area contributed by atoms with Gasteiger partial charge < -0.3 is 14.4 Å². The van der Waals surface area contributed by atoms with Gasteiger partial charge in [-0.15, -0.1) is 0 Å². The first kappa shape index (κ1) is 45.4. The maximum atomic E-state index is 6.43. The van der Waals surface area contributed by atoms with Gasteiger partial charge in [-0.3, -0.25) is 0 Å². The molecule has 274 valence electrons. The molecule has 3 heteroatoms. The lowest BCUT2D eigenvalue weighted by Crippen LogP contribution is -2.43. The Morgan fingerprint density at radius 1 is 0.435 bits per heavy atom. The predicted molar refractivity (Wildman–Crippen MR) is 207 cm³/mol. The number of rotatable bonds is 38. The number of unbranched alkanes of at least 4 members (excludes halogenated alkanes) is 24. The molecule has 0 aromatic carbocycles. The van der Waals surface area contributed by atoms with Crippen LogP contribution in [-0.4, -0.2) is 51.0 Å². The lowest BCUT2D eigenvalue weighted by molar-refractivity contribution is -0.0561. The van der Waals surface area contributed by atoms with E-state index < -0.39 is 0 Å². The molecule has 3 nitrogen and oxygen atoms in total. The summed E-state index contributed by atoms with van der Waals surface area (Å²) < 4.78 is 12.6. The second-order valence-electron chi connectivity index (χ2n) is 14.3. The predicted octanol–water partition coefficient (Wildman–Crippen LogP) is 13.8. The zero-order valence-corrected chi connectivity index (χ0v) is 32.4. The molecule has 0 aliphatic heterocycles. The second kappa shape index (κ2) is 38.8. The Bertz CT molecular complexity index is 616. The van der Waals surface area contributed by atoms with Gasteiger partial charge in [0.2, 0.25) is 0 Å². The summed E-state index contributed by atoms with van der Waals surface area (Å²) in [4.78, 5) is 2.32. The number of hydrogen-bond acceptors (Lipinski definition) is 3. The minimum Gasteiger partial charge on any atom is -0.379 e. The fourth-order valence-corrected chi connectivity index (χ4v) is 6.47. The van der Waals surface area contributed by atoms with E-state index in [2.05, 4.69) is 64.1 Å². The summed E-state index contributed by atoms with van der Waals surface area (Å²) in [6.45, 7) is 9.33. The number of hydrogen-bond donors (Lipinski definition) is 0. The number of nitrogens with zero attached hydrogens (tertiary/aromatic N) is 1. The Morgan fingerprint density at radius 3 is 1.15 bits per heavy atom. The van der Waals surface area contributed by atoms with Crippen LogP contribution in [0.15, 0.2) is 24.3 Å². The molecule has 0 rings (SSSR count). The Balaban J connectivity index is 3.75. The van der Waals surface area contributed by atoms with Crippen LogP contribution in [0.25, 0.3) is 0 Å². The van der Waals surface area contributed by atoms with E-state index in [9.17, 15) is 0 Å². The highest BCUT2D eigenvalue weighted by Gasteiger charge is 2.22. The van der Waals surface area contributed by atoms with Crippen molar-refractivity contribution in [3.8, 4) is 0 Å². The van der Waals surface area contributed by atoms with Crippen LogP contribution in [0.3, 0.4) is 0 Å². The topological polar surface area (TPSA) is 21.7 Å². The molecule has 0 saturated carbocycles. The lowest BCUT2D eigenvalue weighted by Gasteiger charge is -2.31. The smallest absolute Gasteiger partial charge is 0.0962 e. The van der Waals surface area contributed by atoms with Crippen LogP contribution in [0, 0.1) is 0 Å². The molecule has 0 radical (unpaired) electrons. The lowest BCUT2D eigenvalue weighted by atomic mass is 10.1. The zero-order chi connectivity index (χ0) is 33.6. The molecule has 0 aromatic rings. The molecular formula is C43H85NO2. The Kier molecular flexibility index (Phi) is 38.3. The first-order valence-electron chi connectivity index (χ1n) is 20.8. The van der Waals surface area contributed by atoms with E-state index in [0.717, 1.165) is 26.2 Å². The average Bonchev–Trinajstić information content (AvgIpc) is 3.05. The summed E-state index contributed by atoms with van der Waals surface area (Å²) in [6, 6.07) is 0.425. The van der Waals surface area contributed by atoms with E-state index in [0.29, 0.717) is 6.04 Å². The Morgan fingerprint density at radius 2 is 0.783 bits per heavy atom. The molecule has 0 aromatic heterocycles. The number of allylic oxidation sites excluding steroid dienone is 4. The van der Waals surface area contributed by atoms with Crippen molar-refractivity contribution in [2.45, 2.75) is 219 Å². The van der Waals surface area contributed by atoms with Gasteiger partial charge in [0.1, 0.15) is 0 Å². The SMILES string of the molecule is CCCCCCCCC=CCCCCCCCCOCC(OCCCCCCCCC=CCCCCCCCC)C(CC)N(C)C. The monoisotopic (exact) mass is 648 g/mol. The fourth-order valence-electron chi connectivity index (χ4n) is 6.47. The highest BCUT2D eigenvalue weighted by atomic mass is 16.5. The maximum Gasteiger partial charge on any atom is 0.0962 e. The first-order chi connectivity index (χ1) is 22.7. The fraction of sp³-hybridized carbons (Fsp3) is 0.907. The van der Waals surface area contributed by atoms with Gasteiger partial charge in [0.15, 0.2) is 0 Å². The second-order valence-corrected chi connectivity index (χ2v) is 14.3. The van der Waals surface area contributed by atoms with Crippen molar-refractivity contribution < 1.29 is 9.47 Å². The molecule has 0 fully saturated rings. The quantitative estimate of drug-likeness (QED) is 0.0491. The molecule has 0 aliphatic carbocycles. The summed E-state index contributed by atoms with van der Waals surface area (Å²) >= 11 is 0. The van der Waals surface area contributed by atoms with E-state index >= 15 is 0 Å². The summed E-state index contributed by atoms with van der Waals surface area (Å²) in [5, 5.41) is 0. The average molecular weight is 648 g/mol. The molecule has 0 spiro atoms. The zero-order valence-electron chi connectivity index (χ0n) is 32.4. The largest absolute Gasteiger partial charge is 0.379 e. The van der Waals surface area contributed by atoms with Crippen molar-refractivity contribution in [3.63, 3.8) is 0 Å². The molecule has 2 unspecified atom stereocenters. The van der Waals surface area contributed by atoms with Crippen molar-refractivity contribution in [1.29, 1.82) is 0 Å². The maximum absolute atomic E-state index is 6.43. The Hall–Kier alpha value is -0.640. The van der Waals surface area contributed by atoms with Gasteiger partial charge in [0, 0.05) is 19.3 Å². The van der Waals surface area contributed by atoms with Crippen LogP contribution in [-0.2, 0) is 9.47 Å². The van der Waals surface area contributed by atoms with Crippen molar-refractivity contribution in [2.75, 3.05) is 33.9 Å². The molecule has 0 bridgehead atoms. The summed E-state index contributed by atoms with van der Waals surface area (Å²) in [5.74, 6) is 0. The summed E-state index contributed by atoms with van der Waals surface area (Å²) in [7, 11) is 4.36. The standard InChI is InChI=1S/C43H85NO2/c1-6-9-11-13-15-17-19-21-23-25-27-29-31-33-35-37-39-45-41-43(42(8-3)44(4)5)46-40-38-36-34-32-30-28-26-24-22-20-18-16-14-12-10-7-2/h21-24,42-43H,6-20,25-41H2,1-5H3. The first-order valence-corrected chi connectivity index (χ1v) is 20.8. The van der Waals surface area contributed by atoms with Gasteiger partial charge in [0.25, 0.3) is 0 Å². The van der Waals surface area contributed by atoms with Crippen molar-refractivity contribution in [3.05, 3.63) is 24.3 Å². The van der Waals surface area contributed by atoms with Crippen molar-refractivity contribution >= 4 is 0 Å². The third kappa shape index (κ3) is 33.3. The molecular weight excluding hydrogens is 562 g/mol. The van der Waals surface area contributed by atoms with Gasteiger partial charge in [-0.25, -0.2) is 0 Å². The molecule has 0 amide bonds. The summed E-state index contributed by atoms with van der Waals surface area (Å²) in [5.41, 5.74) is 0. The molecule has 46 heavy (non-hydrogen) atoms. The Labute approximate surface area is 291 Å². The molecule has 2 atom stereocenters. The van der Waals surface area contributed by atoms with E-state index in [1.807, 2.05) is 0 Å². The van der Waals surface area contributed by atoms with Gasteiger partial charge in [-0.2, -0.15) is 0 Å². The van der Waals surface area contributed by atoms with E-state index in [-0.39, 0.29) is 6.10 Å². The van der Waals surface area contributed by atoms with E-state index in [4.69, 9.17) is 9.47 Å². The van der Waals surface area contributed by atoms with Crippen LogP contribution in [0.4, 0.5) is 0 Å². The van der Waals surface area contributed by atoms with Crippen LogP contribution in [0.5, 0.6) is 0 Å². The third-order valence-electron chi connectivity index (χ3n) is 9.58. The van der Waals surface area contributed by atoms with Gasteiger partial charge in [0.05, 0.1) is 12.7 Å². The van der Waals surface area contributed by atoms with Gasteiger partial charge >= 0.3 is 0 Å². The van der Waals surface area contributed by atoms with E-state index in [1.54, 1.807) is 0 Å². The normalized spacial score (nSPS) is 13.5. The van der Waals surface area contributed by atoms with Gasteiger partial charge in [-0.1, -0.05) is 161 Å². The minimum absolute atomic E-state index is 0.178. The minimum atomic E-state index is 0.178. The number of likely N-dealkylation sites (N-methyl/N-ethyl adjacent to an activating group) is 1. The van der Waals surface area contributed by atoms with Crippen LogP contribution in [0.2, 0.25) is 0 Å². The molecule has 0 aliphatic rings. The highest BCUT2D eigenvalue weighted by molar-refractivity contribution is 4.82. The van der Waals surface area contributed by atoms with E-state index in [1.165, 1.54) is 180 Å². The van der Waals surface area contributed by atoms with Crippen LogP contribution < -0.4 is 0 Å². The molecule has 0 heterocycles.